The van der Waals surface area contributed by atoms with Gasteiger partial charge in [0.05, 0.1) is 12.1 Å². The number of benzene rings is 2. The van der Waals surface area contributed by atoms with Crippen LogP contribution in [-0.4, -0.2) is 32.8 Å². The Morgan fingerprint density at radius 1 is 1.23 bits per heavy atom. The molecule has 0 aromatic heterocycles. The summed E-state index contributed by atoms with van der Waals surface area (Å²) in [5, 5.41) is 3.60. The highest BCUT2D eigenvalue weighted by Crippen LogP contribution is 2.38. The van der Waals surface area contributed by atoms with Crippen LogP contribution in [0.15, 0.2) is 41.4 Å². The Balaban J connectivity index is 0.00000243. The van der Waals surface area contributed by atoms with E-state index in [1.54, 1.807) is 7.11 Å². The molecule has 0 atom stereocenters. The molecule has 1 aliphatic rings. The molecule has 26 heavy (non-hydrogen) atoms. The van der Waals surface area contributed by atoms with Crippen LogP contribution in [0.4, 0.5) is 5.69 Å². The molecule has 0 saturated heterocycles. The molecule has 2 aromatic rings. The number of nitrogens with two attached hydrogens (primary N) is 1. The van der Waals surface area contributed by atoms with Crippen LogP contribution in [0.25, 0.3) is 0 Å². The van der Waals surface area contributed by atoms with Gasteiger partial charge >= 0.3 is 0 Å². The third-order valence-electron chi connectivity index (χ3n) is 3.70. The molecule has 0 spiro atoms. The molecular weight excluding hydrogens is 469 g/mol. The fourth-order valence-electron chi connectivity index (χ4n) is 2.48. The summed E-state index contributed by atoms with van der Waals surface area (Å²) in [6.07, 6.45) is 0.696. The highest BCUT2D eigenvalue weighted by molar-refractivity contribution is 14.0. The van der Waals surface area contributed by atoms with E-state index in [0.29, 0.717) is 48.7 Å². The lowest BCUT2D eigenvalue weighted by Gasteiger charge is -2.20. The summed E-state index contributed by atoms with van der Waals surface area (Å²) in [6, 6.07) is 11.3. The maximum atomic E-state index is 6.23. The summed E-state index contributed by atoms with van der Waals surface area (Å²) in [7, 11) is 1.63. The number of aliphatic imine (C=N–C) groups is 1. The van der Waals surface area contributed by atoms with Crippen LogP contribution in [0.2, 0.25) is 5.02 Å². The number of ether oxygens (including phenoxy) is 3. The summed E-state index contributed by atoms with van der Waals surface area (Å²) in [6.45, 7) is 1.58. The summed E-state index contributed by atoms with van der Waals surface area (Å²) >= 11 is 6.23. The van der Waals surface area contributed by atoms with Crippen LogP contribution >= 0.6 is 35.6 Å². The van der Waals surface area contributed by atoms with Gasteiger partial charge in [0.15, 0.2) is 17.5 Å². The third-order valence-corrected chi connectivity index (χ3v) is 3.98. The average Bonchev–Trinajstić information content (AvgIpc) is 2.62. The maximum Gasteiger partial charge on any atom is 0.193 e. The zero-order valence-electron chi connectivity index (χ0n) is 14.3. The standard InChI is InChI=1S/C18H20ClN3O3.HI/c1-23-14-4-2-13(3-5-14)22-18(20)21-7-6-12-10-15(19)17-16(11-12)24-8-9-25-17;/h2-5,10-11H,6-9H2,1H3,(H3,20,21,22);1H. The molecule has 1 heterocycles. The van der Waals surface area contributed by atoms with E-state index in [4.69, 9.17) is 31.5 Å². The average molecular weight is 490 g/mol. The molecule has 0 amide bonds. The van der Waals surface area contributed by atoms with Crippen molar-refractivity contribution >= 4 is 47.2 Å². The number of anilines is 1. The van der Waals surface area contributed by atoms with Crippen molar-refractivity contribution in [1.29, 1.82) is 0 Å². The smallest absolute Gasteiger partial charge is 0.193 e. The van der Waals surface area contributed by atoms with E-state index in [2.05, 4.69) is 10.3 Å². The van der Waals surface area contributed by atoms with Gasteiger partial charge in [0.1, 0.15) is 19.0 Å². The topological polar surface area (TPSA) is 78.1 Å². The van der Waals surface area contributed by atoms with Crippen molar-refractivity contribution in [2.24, 2.45) is 10.7 Å². The lowest BCUT2D eigenvalue weighted by molar-refractivity contribution is 0.171. The minimum absolute atomic E-state index is 0. The SMILES string of the molecule is COc1ccc(NC(N)=NCCc2cc(Cl)c3c(c2)OCCO3)cc1.I. The highest BCUT2D eigenvalue weighted by atomic mass is 127. The maximum absolute atomic E-state index is 6.23. The van der Waals surface area contributed by atoms with Gasteiger partial charge in [-0.2, -0.15) is 0 Å². The first-order chi connectivity index (χ1) is 12.2. The van der Waals surface area contributed by atoms with Crippen LogP contribution in [0.5, 0.6) is 17.2 Å². The first kappa shape index (κ1) is 20.4. The van der Waals surface area contributed by atoms with E-state index in [1.165, 1.54) is 0 Å². The zero-order chi connectivity index (χ0) is 17.6. The molecule has 6 nitrogen and oxygen atoms in total. The summed E-state index contributed by atoms with van der Waals surface area (Å²) in [4.78, 5) is 4.34. The Hall–Kier alpha value is -1.87. The van der Waals surface area contributed by atoms with E-state index < -0.39 is 0 Å². The molecule has 140 valence electrons. The molecular formula is C18H21ClIN3O3. The van der Waals surface area contributed by atoms with Crippen molar-refractivity contribution in [3.8, 4) is 17.2 Å². The predicted molar refractivity (Wildman–Crippen MR) is 115 cm³/mol. The molecule has 0 bridgehead atoms. The van der Waals surface area contributed by atoms with Crippen LogP contribution in [0.3, 0.4) is 0 Å². The van der Waals surface area contributed by atoms with Gasteiger partial charge in [0, 0.05) is 12.2 Å². The van der Waals surface area contributed by atoms with Crippen LogP contribution in [0.1, 0.15) is 5.56 Å². The van der Waals surface area contributed by atoms with Gasteiger partial charge in [0.25, 0.3) is 0 Å². The Morgan fingerprint density at radius 2 is 1.96 bits per heavy atom. The second kappa shape index (κ2) is 9.72. The number of nitrogens with zero attached hydrogens (tertiary/aromatic N) is 1. The summed E-state index contributed by atoms with van der Waals surface area (Å²) in [5.41, 5.74) is 7.79. The van der Waals surface area contributed by atoms with Crippen molar-refractivity contribution in [3.05, 3.63) is 47.0 Å². The van der Waals surface area contributed by atoms with Gasteiger partial charge in [-0.25, -0.2) is 0 Å². The fourth-order valence-corrected chi connectivity index (χ4v) is 2.76. The normalized spacial score (nSPS) is 12.9. The molecule has 2 aromatic carbocycles. The minimum Gasteiger partial charge on any atom is -0.497 e. The quantitative estimate of drug-likeness (QED) is 0.380. The molecule has 1 aliphatic heterocycles. The Kier molecular flexibility index (Phi) is 7.65. The van der Waals surface area contributed by atoms with Gasteiger partial charge in [-0.3, -0.25) is 4.99 Å². The monoisotopic (exact) mass is 489 g/mol. The number of nitrogens with one attached hydrogen (secondary N) is 1. The summed E-state index contributed by atoms with van der Waals surface area (Å²) < 4.78 is 16.2. The third kappa shape index (κ3) is 5.31. The highest BCUT2D eigenvalue weighted by Gasteiger charge is 2.16. The number of halogens is 2. The summed E-state index contributed by atoms with van der Waals surface area (Å²) in [5.74, 6) is 2.44. The van der Waals surface area contributed by atoms with Crippen LogP contribution in [0, 0.1) is 0 Å². The number of methoxy groups -OCH3 is 1. The first-order valence-electron chi connectivity index (χ1n) is 7.95. The van der Waals surface area contributed by atoms with Gasteiger partial charge in [-0.1, -0.05) is 11.6 Å². The molecule has 0 unspecified atom stereocenters. The molecule has 0 saturated carbocycles. The lowest BCUT2D eigenvalue weighted by atomic mass is 10.1. The molecule has 0 aliphatic carbocycles. The largest absolute Gasteiger partial charge is 0.497 e. The van der Waals surface area contributed by atoms with Crippen LogP contribution < -0.4 is 25.3 Å². The number of fused-ring (bicyclic) bond motifs is 1. The Labute approximate surface area is 174 Å². The van der Waals surface area contributed by atoms with E-state index >= 15 is 0 Å². The molecule has 8 heteroatoms. The van der Waals surface area contributed by atoms with Crippen LogP contribution in [-0.2, 0) is 6.42 Å². The number of rotatable bonds is 5. The number of guanidine groups is 1. The first-order valence-corrected chi connectivity index (χ1v) is 8.32. The van der Waals surface area contributed by atoms with Crippen molar-refractivity contribution in [2.75, 3.05) is 32.2 Å². The molecule has 0 radical (unpaired) electrons. The molecule has 3 N–H and O–H groups in total. The molecule has 3 rings (SSSR count). The zero-order valence-corrected chi connectivity index (χ0v) is 17.4. The predicted octanol–water partition coefficient (Wildman–Crippen LogP) is 3.71. The van der Waals surface area contributed by atoms with Crippen molar-refractivity contribution < 1.29 is 14.2 Å². The number of hydrogen-bond acceptors (Lipinski definition) is 4. The van der Waals surface area contributed by atoms with E-state index in [9.17, 15) is 0 Å². The van der Waals surface area contributed by atoms with E-state index in [0.717, 1.165) is 17.0 Å². The van der Waals surface area contributed by atoms with Gasteiger partial charge in [0.2, 0.25) is 0 Å². The lowest BCUT2D eigenvalue weighted by Crippen LogP contribution is -2.23. The second-order valence-corrected chi connectivity index (χ2v) is 5.88. The van der Waals surface area contributed by atoms with Crippen molar-refractivity contribution in [3.63, 3.8) is 0 Å². The Bertz CT molecular complexity index is 769. The van der Waals surface area contributed by atoms with E-state index in [1.807, 2.05) is 36.4 Å². The van der Waals surface area contributed by atoms with Gasteiger partial charge in [-0.15, -0.1) is 24.0 Å². The fraction of sp³-hybridized carbons (Fsp3) is 0.278. The minimum atomic E-state index is 0. The second-order valence-electron chi connectivity index (χ2n) is 5.47. The van der Waals surface area contributed by atoms with Gasteiger partial charge in [-0.05, 0) is 48.4 Å². The molecule has 0 fully saturated rings. The Morgan fingerprint density at radius 3 is 2.69 bits per heavy atom. The van der Waals surface area contributed by atoms with E-state index in [-0.39, 0.29) is 24.0 Å². The number of hydrogen-bond donors (Lipinski definition) is 2. The van der Waals surface area contributed by atoms with Crippen molar-refractivity contribution in [1.82, 2.24) is 0 Å². The van der Waals surface area contributed by atoms with Crippen molar-refractivity contribution in [2.45, 2.75) is 6.42 Å². The van der Waals surface area contributed by atoms with Gasteiger partial charge < -0.3 is 25.3 Å².